The fraction of sp³-hybridized carbons (Fsp3) is 0.571. The number of carbonyl (C=O) groups excluding carboxylic acids is 3. The molecular formula is C21H31BrN2O4. The van der Waals surface area contributed by atoms with Crippen LogP contribution < -0.4 is 15.4 Å². The summed E-state index contributed by atoms with van der Waals surface area (Å²) in [6.45, 7) is 4.22. The first-order valence-electron chi connectivity index (χ1n) is 9.93. The molecule has 0 bridgehead atoms. The zero-order valence-corrected chi connectivity index (χ0v) is 18.3. The first-order chi connectivity index (χ1) is 13.4. The minimum Gasteiger partial charge on any atom is -0.426 e. The Morgan fingerprint density at radius 3 is 2.36 bits per heavy atom. The maximum atomic E-state index is 12.1. The Balaban J connectivity index is 2.13. The van der Waals surface area contributed by atoms with E-state index < -0.39 is 0 Å². The van der Waals surface area contributed by atoms with Gasteiger partial charge in [0.2, 0.25) is 11.8 Å². The zero-order valence-electron chi connectivity index (χ0n) is 16.8. The van der Waals surface area contributed by atoms with Crippen LogP contribution in [0.4, 0.5) is 0 Å². The molecule has 28 heavy (non-hydrogen) atoms. The number of rotatable bonds is 13. The van der Waals surface area contributed by atoms with Crippen LogP contribution in [0.1, 0.15) is 58.8 Å². The van der Waals surface area contributed by atoms with E-state index in [-0.39, 0.29) is 30.2 Å². The number of benzene rings is 1. The second-order valence-electron chi connectivity index (χ2n) is 6.86. The molecule has 1 rings (SSSR count). The van der Waals surface area contributed by atoms with Crippen molar-refractivity contribution >= 4 is 33.7 Å². The summed E-state index contributed by atoms with van der Waals surface area (Å²) in [6.07, 6.45) is 6.33. The second-order valence-corrected chi connectivity index (χ2v) is 7.77. The van der Waals surface area contributed by atoms with Crippen molar-refractivity contribution in [2.45, 2.75) is 58.8 Å². The number of hydrogen-bond acceptors (Lipinski definition) is 4. The summed E-state index contributed by atoms with van der Waals surface area (Å²) in [5, 5.41) is 5.34. The highest BCUT2D eigenvalue weighted by atomic mass is 79.9. The summed E-state index contributed by atoms with van der Waals surface area (Å²) in [6, 6.07) is 7.02. The number of carbonyl (C=O) groups is 3. The molecule has 156 valence electrons. The standard InChI is InChI=1S/C21H31BrN2O4/c1-3-4-5-6-7-8-19(25)24-15-20(26)23-14-13-16(2)21(27)28-18-11-9-17(22)10-12-18/h9-12,16H,3-8,13-15H2,1-2H3,(H,23,26)(H,24,25)/t16-/m0/s1. The summed E-state index contributed by atoms with van der Waals surface area (Å²) in [5.74, 6) is -0.554. The summed E-state index contributed by atoms with van der Waals surface area (Å²) in [5.41, 5.74) is 0. The number of amides is 2. The number of ether oxygens (including phenoxy) is 1. The van der Waals surface area contributed by atoms with E-state index in [0.717, 1.165) is 23.7 Å². The largest absolute Gasteiger partial charge is 0.426 e. The van der Waals surface area contributed by atoms with Gasteiger partial charge in [0.05, 0.1) is 12.5 Å². The van der Waals surface area contributed by atoms with Crippen LogP contribution in [0.25, 0.3) is 0 Å². The highest BCUT2D eigenvalue weighted by Crippen LogP contribution is 2.17. The molecule has 0 aliphatic rings. The lowest BCUT2D eigenvalue weighted by Gasteiger charge is -2.12. The van der Waals surface area contributed by atoms with Crippen molar-refractivity contribution in [3.8, 4) is 5.75 Å². The van der Waals surface area contributed by atoms with E-state index >= 15 is 0 Å². The molecule has 0 aliphatic carbocycles. The highest BCUT2D eigenvalue weighted by Gasteiger charge is 2.15. The summed E-state index contributed by atoms with van der Waals surface area (Å²) >= 11 is 3.32. The van der Waals surface area contributed by atoms with Crippen molar-refractivity contribution in [1.82, 2.24) is 10.6 Å². The van der Waals surface area contributed by atoms with Gasteiger partial charge in [0.15, 0.2) is 0 Å². The van der Waals surface area contributed by atoms with Crippen LogP contribution in [0.2, 0.25) is 0 Å². The maximum Gasteiger partial charge on any atom is 0.314 e. The van der Waals surface area contributed by atoms with E-state index in [0.29, 0.717) is 25.1 Å². The van der Waals surface area contributed by atoms with E-state index in [1.54, 1.807) is 31.2 Å². The smallest absolute Gasteiger partial charge is 0.314 e. The zero-order chi connectivity index (χ0) is 20.8. The van der Waals surface area contributed by atoms with Gasteiger partial charge < -0.3 is 15.4 Å². The summed E-state index contributed by atoms with van der Waals surface area (Å²) in [4.78, 5) is 35.5. The Kier molecular flexibility index (Phi) is 12.2. The number of halogens is 1. The first kappa shape index (κ1) is 24.1. The normalized spacial score (nSPS) is 11.5. The Morgan fingerprint density at radius 1 is 1.00 bits per heavy atom. The predicted molar refractivity (Wildman–Crippen MR) is 113 cm³/mol. The number of unbranched alkanes of at least 4 members (excludes halogenated alkanes) is 4. The average Bonchev–Trinajstić information content (AvgIpc) is 2.67. The first-order valence-corrected chi connectivity index (χ1v) is 10.7. The minimum absolute atomic E-state index is 0.0362. The van der Waals surface area contributed by atoms with Crippen molar-refractivity contribution in [3.05, 3.63) is 28.7 Å². The number of esters is 1. The molecule has 0 unspecified atom stereocenters. The Hall–Kier alpha value is -1.89. The Morgan fingerprint density at radius 2 is 1.68 bits per heavy atom. The summed E-state index contributed by atoms with van der Waals surface area (Å²) in [7, 11) is 0. The fourth-order valence-corrected chi connectivity index (χ4v) is 2.75. The van der Waals surface area contributed by atoms with Gasteiger partial charge in [-0.1, -0.05) is 55.5 Å². The van der Waals surface area contributed by atoms with Gasteiger partial charge in [0.25, 0.3) is 0 Å². The van der Waals surface area contributed by atoms with Crippen molar-refractivity contribution in [2.75, 3.05) is 13.1 Å². The van der Waals surface area contributed by atoms with E-state index in [2.05, 4.69) is 33.5 Å². The van der Waals surface area contributed by atoms with Crippen molar-refractivity contribution in [3.63, 3.8) is 0 Å². The van der Waals surface area contributed by atoms with Gasteiger partial charge in [-0.25, -0.2) is 0 Å². The molecule has 2 N–H and O–H groups in total. The van der Waals surface area contributed by atoms with Crippen LogP contribution in [0.3, 0.4) is 0 Å². The van der Waals surface area contributed by atoms with Crippen LogP contribution in [0.15, 0.2) is 28.7 Å². The van der Waals surface area contributed by atoms with Crippen LogP contribution >= 0.6 is 15.9 Å². The van der Waals surface area contributed by atoms with Crippen molar-refractivity contribution < 1.29 is 19.1 Å². The molecule has 0 spiro atoms. The van der Waals surface area contributed by atoms with Gasteiger partial charge >= 0.3 is 5.97 Å². The van der Waals surface area contributed by atoms with Crippen LogP contribution in [-0.4, -0.2) is 30.9 Å². The molecule has 1 aromatic carbocycles. The molecule has 2 amide bonds. The van der Waals surface area contributed by atoms with Crippen LogP contribution in [0, 0.1) is 5.92 Å². The topological polar surface area (TPSA) is 84.5 Å². The van der Waals surface area contributed by atoms with Crippen LogP contribution in [-0.2, 0) is 14.4 Å². The molecule has 7 heteroatoms. The van der Waals surface area contributed by atoms with Gasteiger partial charge in [-0.2, -0.15) is 0 Å². The third-order valence-electron chi connectivity index (χ3n) is 4.29. The molecule has 0 aromatic heterocycles. The third-order valence-corrected chi connectivity index (χ3v) is 4.82. The number of hydrogen-bond donors (Lipinski definition) is 2. The average molecular weight is 455 g/mol. The monoisotopic (exact) mass is 454 g/mol. The van der Waals surface area contributed by atoms with Crippen molar-refractivity contribution in [2.24, 2.45) is 5.92 Å². The molecular weight excluding hydrogens is 424 g/mol. The van der Waals surface area contributed by atoms with E-state index in [9.17, 15) is 14.4 Å². The van der Waals surface area contributed by atoms with Gasteiger partial charge in [0, 0.05) is 17.4 Å². The molecule has 1 atom stereocenters. The molecule has 6 nitrogen and oxygen atoms in total. The summed E-state index contributed by atoms with van der Waals surface area (Å²) < 4.78 is 6.21. The highest BCUT2D eigenvalue weighted by molar-refractivity contribution is 9.10. The molecule has 0 radical (unpaired) electrons. The van der Waals surface area contributed by atoms with E-state index in [1.165, 1.54) is 12.8 Å². The third kappa shape index (κ3) is 11.1. The SMILES string of the molecule is CCCCCCCC(=O)NCC(=O)NCC[C@H](C)C(=O)Oc1ccc(Br)cc1. The quantitative estimate of drug-likeness (QED) is 0.268. The van der Waals surface area contributed by atoms with Gasteiger partial charge in [-0.05, 0) is 37.1 Å². The number of nitrogens with one attached hydrogen (secondary N) is 2. The van der Waals surface area contributed by atoms with Crippen molar-refractivity contribution in [1.29, 1.82) is 0 Å². The van der Waals surface area contributed by atoms with Gasteiger partial charge in [0.1, 0.15) is 5.75 Å². The van der Waals surface area contributed by atoms with E-state index in [1.807, 2.05) is 0 Å². The van der Waals surface area contributed by atoms with Gasteiger partial charge in [-0.3, -0.25) is 14.4 Å². The predicted octanol–water partition coefficient (Wildman–Crippen LogP) is 3.97. The molecule has 0 aliphatic heterocycles. The van der Waals surface area contributed by atoms with Crippen LogP contribution in [0.5, 0.6) is 5.75 Å². The lowest BCUT2D eigenvalue weighted by atomic mass is 10.1. The molecule has 0 fully saturated rings. The lowest BCUT2D eigenvalue weighted by molar-refractivity contribution is -0.138. The Bertz CT molecular complexity index is 619. The second kappa shape index (κ2) is 14.2. The minimum atomic E-state index is -0.346. The molecule has 1 aromatic rings. The lowest BCUT2D eigenvalue weighted by Crippen LogP contribution is -2.37. The molecule has 0 saturated heterocycles. The fourth-order valence-electron chi connectivity index (χ4n) is 2.48. The molecule has 0 saturated carbocycles. The van der Waals surface area contributed by atoms with Gasteiger partial charge in [-0.15, -0.1) is 0 Å². The maximum absolute atomic E-state index is 12.1. The Labute approximate surface area is 175 Å². The van der Waals surface area contributed by atoms with E-state index in [4.69, 9.17) is 4.74 Å². The molecule has 0 heterocycles.